The quantitative estimate of drug-likeness (QED) is 0.383. The molecule has 0 saturated carbocycles. The lowest BCUT2D eigenvalue weighted by atomic mass is 10.3. The molecule has 10 heteroatoms. The van der Waals surface area contributed by atoms with E-state index in [1.807, 2.05) is 0 Å². The number of carbonyl (C=O) groups excluding carboxylic acids is 2. The van der Waals surface area contributed by atoms with Gasteiger partial charge in [0.1, 0.15) is 17.4 Å². The van der Waals surface area contributed by atoms with Crippen molar-refractivity contribution in [2.75, 3.05) is 6.61 Å². The fourth-order valence-electron chi connectivity index (χ4n) is 0.661. The largest absolute Gasteiger partial charge is 0.480 e. The molecule has 2 amide bonds. The van der Waals surface area contributed by atoms with Gasteiger partial charge in [0.2, 0.25) is 0 Å². The summed E-state index contributed by atoms with van der Waals surface area (Å²) in [5, 5.41) is 15.9. The first-order valence-corrected chi connectivity index (χ1v) is 4.80. The van der Waals surface area contributed by atoms with Gasteiger partial charge in [0.25, 0.3) is 11.8 Å². The summed E-state index contributed by atoms with van der Waals surface area (Å²) < 4.78 is 0. The third-order valence-corrected chi connectivity index (χ3v) is 1.67. The number of carboxylic acid groups (broad SMARTS) is 1. The Bertz CT molecular complexity index is 428. The van der Waals surface area contributed by atoms with Crippen molar-refractivity contribution in [3.05, 3.63) is 23.8 Å². The molecule has 0 saturated heterocycles. The lowest BCUT2D eigenvalue weighted by molar-refractivity contribution is -0.139. The van der Waals surface area contributed by atoms with Gasteiger partial charge in [0.15, 0.2) is 0 Å². The Labute approximate surface area is 107 Å². The molecule has 0 fully saturated rings. The van der Waals surface area contributed by atoms with E-state index in [-0.39, 0.29) is 11.4 Å². The van der Waals surface area contributed by atoms with E-state index in [0.29, 0.717) is 0 Å². The van der Waals surface area contributed by atoms with Gasteiger partial charge in [-0.1, -0.05) is 0 Å². The Morgan fingerprint density at radius 1 is 1.11 bits per heavy atom. The van der Waals surface area contributed by atoms with E-state index in [1.54, 1.807) is 0 Å². The van der Waals surface area contributed by atoms with Gasteiger partial charge in [0.05, 0.1) is 19.0 Å². The number of nitrogens with zero attached hydrogens (tertiary/aromatic N) is 2. The summed E-state index contributed by atoms with van der Waals surface area (Å²) in [7, 11) is 0. The standard InChI is InChI=1S/C6H6N4O2.C3H7NO3/c7-5(11)3-1-9-4(2-10-3)6(8)12;4-2(1-5)3(6)7/h1-2H,(H2,7,11)(H2,8,12);2,5H,1,4H2,(H,6,7). The minimum Gasteiger partial charge on any atom is -0.480 e. The molecule has 0 aliphatic carbocycles. The molecule has 0 bridgehead atoms. The van der Waals surface area contributed by atoms with E-state index in [2.05, 4.69) is 9.97 Å². The van der Waals surface area contributed by atoms with Crippen LogP contribution in [0.15, 0.2) is 12.4 Å². The second kappa shape index (κ2) is 7.68. The average molecular weight is 271 g/mol. The van der Waals surface area contributed by atoms with Crippen molar-refractivity contribution in [3.8, 4) is 0 Å². The Balaban J connectivity index is 0.000000399. The van der Waals surface area contributed by atoms with Crippen LogP contribution in [0.25, 0.3) is 0 Å². The second-order valence-electron chi connectivity index (χ2n) is 3.14. The van der Waals surface area contributed by atoms with Gasteiger partial charge < -0.3 is 27.4 Å². The first-order chi connectivity index (χ1) is 8.79. The van der Waals surface area contributed by atoms with E-state index in [1.165, 1.54) is 0 Å². The van der Waals surface area contributed by atoms with Gasteiger partial charge in [-0.3, -0.25) is 14.4 Å². The number of aliphatic hydroxyl groups excluding tert-OH is 1. The molecule has 0 aliphatic heterocycles. The van der Waals surface area contributed by atoms with Crippen LogP contribution >= 0.6 is 0 Å². The van der Waals surface area contributed by atoms with Crippen molar-refractivity contribution in [3.63, 3.8) is 0 Å². The Morgan fingerprint density at radius 3 is 1.58 bits per heavy atom. The molecular weight excluding hydrogens is 258 g/mol. The molecule has 0 radical (unpaired) electrons. The monoisotopic (exact) mass is 271 g/mol. The van der Waals surface area contributed by atoms with Gasteiger partial charge in [-0.15, -0.1) is 0 Å². The number of amides is 2. The first kappa shape index (κ1) is 16.4. The number of aliphatic hydroxyl groups is 1. The number of carbonyl (C=O) groups is 3. The van der Waals surface area contributed by atoms with Gasteiger partial charge in [-0.05, 0) is 0 Å². The summed E-state index contributed by atoms with van der Waals surface area (Å²) in [6.45, 7) is -0.505. The zero-order valence-electron chi connectivity index (χ0n) is 9.68. The van der Waals surface area contributed by atoms with Crippen LogP contribution in [-0.2, 0) is 4.79 Å². The summed E-state index contributed by atoms with van der Waals surface area (Å²) >= 11 is 0. The highest BCUT2D eigenvalue weighted by molar-refractivity contribution is 5.92. The number of aliphatic carboxylic acids is 1. The Kier molecular flexibility index (Phi) is 6.63. The van der Waals surface area contributed by atoms with Crippen molar-refractivity contribution < 1.29 is 24.6 Å². The smallest absolute Gasteiger partial charge is 0.322 e. The van der Waals surface area contributed by atoms with Crippen LogP contribution in [0, 0.1) is 0 Å². The molecule has 1 unspecified atom stereocenters. The lowest BCUT2D eigenvalue weighted by Crippen LogP contribution is -2.33. The number of aromatic nitrogens is 2. The van der Waals surface area contributed by atoms with E-state index >= 15 is 0 Å². The molecule has 10 nitrogen and oxygen atoms in total. The summed E-state index contributed by atoms with van der Waals surface area (Å²) in [4.78, 5) is 37.7. The highest BCUT2D eigenvalue weighted by atomic mass is 16.4. The molecule has 19 heavy (non-hydrogen) atoms. The minimum absolute atomic E-state index is 0.000000000000000222. The van der Waals surface area contributed by atoms with Gasteiger partial charge in [-0.25, -0.2) is 9.97 Å². The maximum Gasteiger partial charge on any atom is 0.322 e. The maximum absolute atomic E-state index is 10.5. The molecule has 1 aromatic heterocycles. The van der Waals surface area contributed by atoms with Crippen LogP contribution in [0.1, 0.15) is 21.0 Å². The number of primary amides is 2. The predicted molar refractivity (Wildman–Crippen MR) is 61.8 cm³/mol. The topological polar surface area (TPSA) is 196 Å². The number of hydrogen-bond acceptors (Lipinski definition) is 7. The third kappa shape index (κ3) is 6.05. The molecule has 1 rings (SSSR count). The van der Waals surface area contributed by atoms with Crippen LogP contribution in [0.3, 0.4) is 0 Å². The Morgan fingerprint density at radius 2 is 1.47 bits per heavy atom. The Hall–Kier alpha value is -2.59. The lowest BCUT2D eigenvalue weighted by Gasteiger charge is -1.96. The zero-order chi connectivity index (χ0) is 15.0. The van der Waals surface area contributed by atoms with Gasteiger partial charge in [0, 0.05) is 0 Å². The number of nitrogens with two attached hydrogens (primary N) is 3. The second-order valence-corrected chi connectivity index (χ2v) is 3.14. The maximum atomic E-state index is 10.5. The molecule has 1 atom stereocenters. The van der Waals surface area contributed by atoms with Crippen molar-refractivity contribution in [2.45, 2.75) is 6.04 Å². The number of hydrogen-bond donors (Lipinski definition) is 5. The highest BCUT2D eigenvalue weighted by Crippen LogP contribution is 1.92. The molecule has 104 valence electrons. The SMILES string of the molecule is NC(=O)c1cnc(C(N)=O)cn1.NC(CO)C(=O)O. The van der Waals surface area contributed by atoms with Crippen molar-refractivity contribution in [1.82, 2.24) is 9.97 Å². The molecule has 0 aromatic carbocycles. The molecular formula is C9H13N5O5. The van der Waals surface area contributed by atoms with E-state index in [4.69, 9.17) is 27.4 Å². The van der Waals surface area contributed by atoms with E-state index in [9.17, 15) is 14.4 Å². The average Bonchev–Trinajstić information content (AvgIpc) is 2.38. The molecule has 1 aromatic rings. The third-order valence-electron chi connectivity index (χ3n) is 1.67. The zero-order valence-corrected chi connectivity index (χ0v) is 9.68. The van der Waals surface area contributed by atoms with Gasteiger partial charge in [-0.2, -0.15) is 0 Å². The summed E-state index contributed by atoms with van der Waals surface area (Å²) in [6, 6.07) is -1.13. The molecule has 8 N–H and O–H groups in total. The highest BCUT2D eigenvalue weighted by Gasteiger charge is 2.07. The fraction of sp³-hybridized carbons (Fsp3) is 0.222. The molecule has 0 aliphatic rings. The van der Waals surface area contributed by atoms with Crippen molar-refractivity contribution in [2.24, 2.45) is 17.2 Å². The number of rotatable bonds is 4. The summed E-state index contributed by atoms with van der Waals surface area (Å²) in [6.07, 6.45) is 2.20. The minimum atomic E-state index is -1.18. The van der Waals surface area contributed by atoms with Crippen LogP contribution in [0.5, 0.6) is 0 Å². The number of carboxylic acids is 1. The van der Waals surface area contributed by atoms with Crippen LogP contribution < -0.4 is 17.2 Å². The summed E-state index contributed by atoms with van der Waals surface area (Å²) in [5.41, 5.74) is 14.5. The van der Waals surface area contributed by atoms with Crippen LogP contribution in [0.4, 0.5) is 0 Å². The van der Waals surface area contributed by atoms with E-state index < -0.39 is 30.4 Å². The van der Waals surface area contributed by atoms with Crippen molar-refractivity contribution >= 4 is 17.8 Å². The van der Waals surface area contributed by atoms with Crippen LogP contribution in [0.2, 0.25) is 0 Å². The van der Waals surface area contributed by atoms with E-state index in [0.717, 1.165) is 12.4 Å². The fourth-order valence-corrected chi connectivity index (χ4v) is 0.661. The predicted octanol–water partition coefficient (Wildman–Crippen LogP) is -2.93. The van der Waals surface area contributed by atoms with Crippen LogP contribution in [-0.4, -0.2) is 50.6 Å². The van der Waals surface area contributed by atoms with Gasteiger partial charge >= 0.3 is 5.97 Å². The first-order valence-electron chi connectivity index (χ1n) is 4.80. The van der Waals surface area contributed by atoms with Crippen molar-refractivity contribution in [1.29, 1.82) is 0 Å². The molecule has 1 heterocycles. The normalized spacial score (nSPS) is 10.8. The summed E-state index contributed by atoms with van der Waals surface area (Å²) in [5.74, 6) is -2.57. The molecule has 0 spiro atoms.